The molecule has 4 N–H and O–H groups in total. The van der Waals surface area contributed by atoms with E-state index < -0.39 is 12.0 Å². The number of amides is 2. The number of H-pyrrole nitrogens is 1. The van der Waals surface area contributed by atoms with Crippen LogP contribution >= 0.6 is 0 Å². The first-order valence-corrected chi connectivity index (χ1v) is 6.46. The van der Waals surface area contributed by atoms with Crippen molar-refractivity contribution in [2.24, 2.45) is 4.99 Å². The molecule has 21 heavy (non-hydrogen) atoms. The number of aromatic amines is 1. The number of carbonyl (C=O) groups is 2. The summed E-state index contributed by atoms with van der Waals surface area (Å²) in [4.78, 5) is 28.2. The van der Waals surface area contributed by atoms with Crippen LogP contribution in [0.15, 0.2) is 4.99 Å². The van der Waals surface area contributed by atoms with Gasteiger partial charge in [0.1, 0.15) is 6.67 Å². The lowest BCUT2D eigenvalue weighted by molar-refractivity contribution is 0.0945. The summed E-state index contributed by atoms with van der Waals surface area (Å²) in [5.41, 5.74) is 2.08. The molecule has 2 heterocycles. The SMILES string of the molecule is CC(CO)=NCNC(=O)c1n[nH]c2c1CN(C(=O)O)CC2. The van der Waals surface area contributed by atoms with Crippen molar-refractivity contribution in [2.75, 3.05) is 19.8 Å². The van der Waals surface area contributed by atoms with E-state index in [9.17, 15) is 9.59 Å². The Morgan fingerprint density at radius 2 is 2.29 bits per heavy atom. The largest absolute Gasteiger partial charge is 0.465 e. The highest BCUT2D eigenvalue weighted by Gasteiger charge is 2.27. The molecule has 114 valence electrons. The third-order valence-electron chi connectivity index (χ3n) is 3.24. The molecule has 0 aromatic carbocycles. The van der Waals surface area contributed by atoms with E-state index in [2.05, 4.69) is 20.5 Å². The lowest BCUT2D eigenvalue weighted by Gasteiger charge is -2.23. The number of aromatic nitrogens is 2. The van der Waals surface area contributed by atoms with E-state index in [-0.39, 0.29) is 25.5 Å². The molecule has 2 rings (SSSR count). The molecule has 1 aromatic rings. The zero-order valence-electron chi connectivity index (χ0n) is 11.6. The Morgan fingerprint density at radius 1 is 1.52 bits per heavy atom. The lowest BCUT2D eigenvalue weighted by Crippen LogP contribution is -2.35. The second-order valence-corrected chi connectivity index (χ2v) is 4.70. The van der Waals surface area contributed by atoms with Crippen molar-refractivity contribution >= 4 is 17.7 Å². The number of aliphatic hydroxyl groups excluding tert-OH is 1. The van der Waals surface area contributed by atoms with E-state index in [0.717, 1.165) is 5.69 Å². The van der Waals surface area contributed by atoms with Crippen molar-refractivity contribution in [3.8, 4) is 0 Å². The molecule has 0 spiro atoms. The fourth-order valence-electron chi connectivity index (χ4n) is 2.03. The van der Waals surface area contributed by atoms with Crippen LogP contribution in [0, 0.1) is 0 Å². The maximum absolute atomic E-state index is 12.0. The van der Waals surface area contributed by atoms with Crippen molar-refractivity contribution in [3.05, 3.63) is 17.0 Å². The summed E-state index contributed by atoms with van der Waals surface area (Å²) in [7, 11) is 0. The van der Waals surface area contributed by atoms with Crippen molar-refractivity contribution in [1.29, 1.82) is 0 Å². The van der Waals surface area contributed by atoms with E-state index in [4.69, 9.17) is 10.2 Å². The third kappa shape index (κ3) is 3.37. The molecule has 0 aliphatic carbocycles. The van der Waals surface area contributed by atoms with Crippen LogP contribution < -0.4 is 5.32 Å². The highest BCUT2D eigenvalue weighted by molar-refractivity contribution is 5.94. The Bertz CT molecular complexity index is 580. The van der Waals surface area contributed by atoms with Crippen LogP contribution in [0.5, 0.6) is 0 Å². The van der Waals surface area contributed by atoms with Crippen molar-refractivity contribution in [2.45, 2.75) is 19.9 Å². The molecule has 1 aromatic heterocycles. The van der Waals surface area contributed by atoms with Gasteiger partial charge in [0, 0.05) is 29.9 Å². The van der Waals surface area contributed by atoms with E-state index in [0.29, 0.717) is 24.2 Å². The normalized spacial score (nSPS) is 14.8. The van der Waals surface area contributed by atoms with Crippen LogP contribution in [0.3, 0.4) is 0 Å². The standard InChI is InChI=1S/C12H17N5O4/c1-7(5-18)13-6-14-11(19)10-8-4-17(12(20)21)3-2-9(8)15-16-10/h18H,2-6H2,1H3,(H,14,19)(H,15,16)(H,20,21). The van der Waals surface area contributed by atoms with Crippen molar-refractivity contribution in [1.82, 2.24) is 20.4 Å². The zero-order valence-corrected chi connectivity index (χ0v) is 11.6. The predicted octanol–water partition coefficient (Wildman–Crippen LogP) is -0.414. The molecule has 1 aliphatic heterocycles. The molecule has 0 radical (unpaired) electrons. The van der Waals surface area contributed by atoms with Crippen LogP contribution in [-0.2, 0) is 13.0 Å². The van der Waals surface area contributed by atoms with Crippen LogP contribution in [0.4, 0.5) is 4.79 Å². The Hall–Kier alpha value is -2.42. The summed E-state index contributed by atoms with van der Waals surface area (Å²) in [6.45, 7) is 2.04. The molecule has 0 bridgehead atoms. The molecular weight excluding hydrogens is 278 g/mol. The number of aliphatic imine (C=N–C) groups is 1. The maximum Gasteiger partial charge on any atom is 0.407 e. The number of nitrogens with zero attached hydrogens (tertiary/aromatic N) is 3. The predicted molar refractivity (Wildman–Crippen MR) is 73.3 cm³/mol. The van der Waals surface area contributed by atoms with Gasteiger partial charge in [-0.1, -0.05) is 0 Å². The summed E-state index contributed by atoms with van der Waals surface area (Å²) in [6, 6.07) is 0. The first-order valence-electron chi connectivity index (χ1n) is 6.46. The van der Waals surface area contributed by atoms with E-state index >= 15 is 0 Å². The molecule has 1 aliphatic rings. The molecule has 9 heteroatoms. The number of aliphatic hydroxyl groups is 1. The molecular formula is C12H17N5O4. The third-order valence-corrected chi connectivity index (χ3v) is 3.24. The highest BCUT2D eigenvalue weighted by atomic mass is 16.4. The fourth-order valence-corrected chi connectivity index (χ4v) is 2.03. The van der Waals surface area contributed by atoms with Gasteiger partial charge in [0.2, 0.25) is 0 Å². The number of fused-ring (bicyclic) bond motifs is 1. The minimum absolute atomic E-state index is 0.0372. The number of nitrogens with one attached hydrogen (secondary N) is 2. The van der Waals surface area contributed by atoms with Gasteiger partial charge in [-0.3, -0.25) is 14.9 Å². The maximum atomic E-state index is 12.0. The van der Waals surface area contributed by atoms with E-state index in [1.54, 1.807) is 6.92 Å². The molecule has 9 nitrogen and oxygen atoms in total. The van der Waals surface area contributed by atoms with Crippen molar-refractivity contribution < 1.29 is 19.8 Å². The molecule has 0 saturated heterocycles. The Kier molecular flexibility index (Phi) is 4.53. The molecule has 0 unspecified atom stereocenters. The second-order valence-electron chi connectivity index (χ2n) is 4.70. The second kappa shape index (κ2) is 6.35. The quantitative estimate of drug-likeness (QED) is 0.561. The first-order chi connectivity index (χ1) is 10.0. The topological polar surface area (TPSA) is 131 Å². The van der Waals surface area contributed by atoms with Crippen LogP contribution in [0.1, 0.15) is 28.7 Å². The highest BCUT2D eigenvalue weighted by Crippen LogP contribution is 2.20. The molecule has 0 saturated carbocycles. The number of carboxylic acid groups (broad SMARTS) is 1. The van der Waals surface area contributed by atoms with Gasteiger partial charge in [-0.15, -0.1) is 0 Å². The first kappa shape index (κ1) is 15.0. The minimum Gasteiger partial charge on any atom is -0.465 e. The monoisotopic (exact) mass is 295 g/mol. The molecule has 0 atom stereocenters. The van der Waals surface area contributed by atoms with E-state index in [1.807, 2.05) is 0 Å². The lowest BCUT2D eigenvalue weighted by atomic mass is 10.1. The van der Waals surface area contributed by atoms with Gasteiger partial charge in [-0.25, -0.2) is 4.79 Å². The number of hydrogen-bond acceptors (Lipinski definition) is 5. The number of rotatable bonds is 4. The number of hydrogen-bond donors (Lipinski definition) is 4. The summed E-state index contributed by atoms with van der Waals surface area (Å²) in [6.07, 6.45) is -0.514. The van der Waals surface area contributed by atoms with Gasteiger partial charge in [-0.05, 0) is 6.92 Å². The molecule has 2 amide bonds. The summed E-state index contributed by atoms with van der Waals surface area (Å²) >= 11 is 0. The average molecular weight is 295 g/mol. The van der Waals surface area contributed by atoms with Crippen molar-refractivity contribution in [3.63, 3.8) is 0 Å². The van der Waals surface area contributed by atoms with Crippen LogP contribution in [0.2, 0.25) is 0 Å². The molecule has 0 fully saturated rings. The van der Waals surface area contributed by atoms with Gasteiger partial charge in [-0.2, -0.15) is 5.10 Å². The van der Waals surface area contributed by atoms with E-state index in [1.165, 1.54) is 4.90 Å². The van der Waals surface area contributed by atoms with Gasteiger partial charge < -0.3 is 20.4 Å². The zero-order chi connectivity index (χ0) is 15.4. The summed E-state index contributed by atoms with van der Waals surface area (Å²) in [5.74, 6) is -0.422. The Morgan fingerprint density at radius 3 is 2.95 bits per heavy atom. The van der Waals surface area contributed by atoms with Gasteiger partial charge >= 0.3 is 6.09 Å². The average Bonchev–Trinajstić information content (AvgIpc) is 2.89. The van der Waals surface area contributed by atoms with Crippen LogP contribution in [0.25, 0.3) is 0 Å². The summed E-state index contributed by atoms with van der Waals surface area (Å²) < 4.78 is 0. The van der Waals surface area contributed by atoms with Crippen LogP contribution in [-0.4, -0.2) is 62.8 Å². The van der Waals surface area contributed by atoms with Gasteiger partial charge in [0.25, 0.3) is 5.91 Å². The fraction of sp³-hybridized carbons (Fsp3) is 0.500. The smallest absolute Gasteiger partial charge is 0.407 e. The van der Waals surface area contributed by atoms with Gasteiger partial charge in [0.15, 0.2) is 5.69 Å². The Labute approximate surface area is 120 Å². The Balaban J connectivity index is 2.06. The number of carbonyl (C=O) groups excluding carboxylic acids is 1. The minimum atomic E-state index is -1.02. The van der Waals surface area contributed by atoms with Gasteiger partial charge in [0.05, 0.1) is 13.2 Å². The summed E-state index contributed by atoms with van der Waals surface area (Å²) in [5, 5.41) is 27.1.